The Kier molecular flexibility index (Phi) is 3.66. The average Bonchev–Trinajstić information content (AvgIpc) is 2.71. The van der Waals surface area contributed by atoms with Gasteiger partial charge in [0.2, 0.25) is 0 Å². The molecule has 0 spiro atoms. The van der Waals surface area contributed by atoms with E-state index in [1.54, 1.807) is 12.1 Å². The molecule has 88 valence electrons. The second-order valence-corrected chi connectivity index (χ2v) is 4.71. The van der Waals surface area contributed by atoms with Crippen LogP contribution >= 0.6 is 11.6 Å². The highest BCUT2D eigenvalue weighted by atomic mass is 35.5. The normalized spacial score (nSPS) is 24.7. The Morgan fingerprint density at radius 3 is 2.94 bits per heavy atom. The highest BCUT2D eigenvalue weighted by molar-refractivity contribution is 6.30. The lowest BCUT2D eigenvalue weighted by Gasteiger charge is -2.20. The number of halogens is 2. The molecule has 0 aromatic heterocycles. The molecular weight excluding hydrogens is 227 g/mol. The number of nitrogens with two attached hydrogens (primary N) is 1. The van der Waals surface area contributed by atoms with E-state index in [1.165, 1.54) is 12.5 Å². The second kappa shape index (κ2) is 5.02. The third-order valence-electron chi connectivity index (χ3n) is 3.23. The third-order valence-corrected chi connectivity index (χ3v) is 3.54. The van der Waals surface area contributed by atoms with Crippen molar-refractivity contribution >= 4 is 17.3 Å². The van der Waals surface area contributed by atoms with Crippen LogP contribution < -0.4 is 11.1 Å². The molecule has 0 heterocycles. The maximum Gasteiger partial charge on any atom is 0.143 e. The molecule has 1 aliphatic rings. The Bertz CT molecular complexity index is 370. The zero-order valence-corrected chi connectivity index (χ0v) is 9.80. The van der Waals surface area contributed by atoms with E-state index in [2.05, 4.69) is 5.32 Å². The van der Waals surface area contributed by atoms with E-state index < -0.39 is 0 Å². The number of nitrogens with one attached hydrogen (secondary N) is 1. The first-order chi connectivity index (χ1) is 7.70. The van der Waals surface area contributed by atoms with Crippen LogP contribution in [-0.4, -0.2) is 12.6 Å². The van der Waals surface area contributed by atoms with Gasteiger partial charge in [-0.1, -0.05) is 18.0 Å². The molecule has 2 rings (SSSR count). The van der Waals surface area contributed by atoms with Crippen molar-refractivity contribution in [1.82, 2.24) is 0 Å². The summed E-state index contributed by atoms with van der Waals surface area (Å²) in [7, 11) is 0. The quantitative estimate of drug-likeness (QED) is 0.855. The first kappa shape index (κ1) is 11.7. The van der Waals surface area contributed by atoms with Gasteiger partial charge in [-0.25, -0.2) is 4.39 Å². The molecular formula is C12H16ClFN2. The van der Waals surface area contributed by atoms with Gasteiger partial charge in [-0.15, -0.1) is 0 Å². The van der Waals surface area contributed by atoms with E-state index in [9.17, 15) is 4.39 Å². The molecule has 0 bridgehead atoms. The lowest BCUT2D eigenvalue weighted by atomic mass is 10.0. The molecule has 0 radical (unpaired) electrons. The maximum absolute atomic E-state index is 13.2. The molecule has 2 atom stereocenters. The van der Waals surface area contributed by atoms with E-state index in [0.29, 0.717) is 18.5 Å². The van der Waals surface area contributed by atoms with Gasteiger partial charge in [-0.3, -0.25) is 0 Å². The van der Waals surface area contributed by atoms with Gasteiger partial charge in [0.25, 0.3) is 0 Å². The smallest absolute Gasteiger partial charge is 0.143 e. The van der Waals surface area contributed by atoms with Crippen LogP contribution in [-0.2, 0) is 0 Å². The zero-order chi connectivity index (χ0) is 11.5. The summed E-state index contributed by atoms with van der Waals surface area (Å²) in [5.74, 6) is 0.118. The van der Waals surface area contributed by atoms with E-state index in [4.69, 9.17) is 17.3 Å². The van der Waals surface area contributed by atoms with E-state index >= 15 is 0 Å². The molecule has 3 N–H and O–H groups in total. The molecule has 2 unspecified atom stereocenters. The molecule has 0 amide bonds. The summed E-state index contributed by atoms with van der Waals surface area (Å²) in [5, 5.41) is 3.49. The SMILES string of the molecule is NCC1CCCC1Nc1ccc(Cl)c(F)c1. The van der Waals surface area contributed by atoms with E-state index in [0.717, 1.165) is 18.5 Å². The predicted octanol–water partition coefficient (Wildman–Crippen LogP) is 3.02. The van der Waals surface area contributed by atoms with Crippen LogP contribution in [0.5, 0.6) is 0 Å². The van der Waals surface area contributed by atoms with Crippen LogP contribution in [0.1, 0.15) is 19.3 Å². The maximum atomic E-state index is 13.2. The number of anilines is 1. The van der Waals surface area contributed by atoms with Crippen molar-refractivity contribution in [2.24, 2.45) is 11.7 Å². The van der Waals surface area contributed by atoms with Crippen molar-refractivity contribution in [2.75, 3.05) is 11.9 Å². The van der Waals surface area contributed by atoms with Gasteiger partial charge in [-0.05, 0) is 43.5 Å². The Hall–Kier alpha value is -0.800. The summed E-state index contributed by atoms with van der Waals surface area (Å²) in [5.41, 5.74) is 6.48. The van der Waals surface area contributed by atoms with Crippen molar-refractivity contribution in [1.29, 1.82) is 0 Å². The van der Waals surface area contributed by atoms with Crippen LogP contribution in [0.3, 0.4) is 0 Å². The fourth-order valence-electron chi connectivity index (χ4n) is 2.31. The van der Waals surface area contributed by atoms with Gasteiger partial charge in [0.05, 0.1) is 5.02 Å². The minimum atomic E-state index is -0.381. The zero-order valence-electron chi connectivity index (χ0n) is 9.05. The standard InChI is InChI=1S/C12H16ClFN2/c13-10-5-4-9(6-11(10)14)16-12-3-1-2-8(12)7-15/h4-6,8,12,16H,1-3,7,15H2. The molecule has 1 aromatic carbocycles. The molecule has 1 aromatic rings. The Balaban J connectivity index is 2.05. The van der Waals surface area contributed by atoms with E-state index in [-0.39, 0.29) is 10.8 Å². The monoisotopic (exact) mass is 242 g/mol. The van der Waals surface area contributed by atoms with Crippen molar-refractivity contribution in [3.8, 4) is 0 Å². The molecule has 1 aliphatic carbocycles. The largest absolute Gasteiger partial charge is 0.382 e. The molecule has 1 saturated carbocycles. The minimum absolute atomic E-state index is 0.160. The minimum Gasteiger partial charge on any atom is -0.382 e. The molecule has 0 saturated heterocycles. The summed E-state index contributed by atoms with van der Waals surface area (Å²) in [4.78, 5) is 0. The Morgan fingerprint density at radius 2 is 2.25 bits per heavy atom. The van der Waals surface area contributed by atoms with Gasteiger partial charge in [-0.2, -0.15) is 0 Å². The van der Waals surface area contributed by atoms with Crippen LogP contribution in [0.2, 0.25) is 5.02 Å². The van der Waals surface area contributed by atoms with Crippen molar-refractivity contribution in [3.05, 3.63) is 29.0 Å². The third kappa shape index (κ3) is 2.47. The highest BCUT2D eigenvalue weighted by Crippen LogP contribution is 2.28. The summed E-state index contributed by atoms with van der Waals surface area (Å²) in [6, 6.07) is 5.18. The summed E-state index contributed by atoms with van der Waals surface area (Å²) >= 11 is 5.63. The van der Waals surface area contributed by atoms with Crippen molar-refractivity contribution in [2.45, 2.75) is 25.3 Å². The average molecular weight is 243 g/mol. The van der Waals surface area contributed by atoms with Gasteiger partial charge in [0.15, 0.2) is 0 Å². The highest BCUT2D eigenvalue weighted by Gasteiger charge is 2.25. The lowest BCUT2D eigenvalue weighted by molar-refractivity contribution is 0.516. The van der Waals surface area contributed by atoms with E-state index in [1.807, 2.05) is 0 Å². The Labute approximate surface area is 100.0 Å². The fourth-order valence-corrected chi connectivity index (χ4v) is 2.43. The van der Waals surface area contributed by atoms with Crippen LogP contribution in [0, 0.1) is 11.7 Å². The first-order valence-corrected chi connectivity index (χ1v) is 6.00. The molecule has 0 aliphatic heterocycles. The summed E-state index contributed by atoms with van der Waals surface area (Å²) < 4.78 is 13.2. The number of benzene rings is 1. The summed E-state index contributed by atoms with van der Waals surface area (Å²) in [6.45, 7) is 0.688. The molecule has 16 heavy (non-hydrogen) atoms. The number of rotatable bonds is 3. The second-order valence-electron chi connectivity index (χ2n) is 4.31. The lowest BCUT2D eigenvalue weighted by Crippen LogP contribution is -2.29. The van der Waals surface area contributed by atoms with Gasteiger partial charge < -0.3 is 11.1 Å². The molecule has 4 heteroatoms. The number of hydrogen-bond acceptors (Lipinski definition) is 2. The molecule has 2 nitrogen and oxygen atoms in total. The van der Waals surface area contributed by atoms with Gasteiger partial charge in [0.1, 0.15) is 5.82 Å². The van der Waals surface area contributed by atoms with Crippen molar-refractivity contribution < 1.29 is 4.39 Å². The predicted molar refractivity (Wildman–Crippen MR) is 65.2 cm³/mol. The topological polar surface area (TPSA) is 38.0 Å². The van der Waals surface area contributed by atoms with Crippen molar-refractivity contribution in [3.63, 3.8) is 0 Å². The van der Waals surface area contributed by atoms with Crippen LogP contribution in [0.15, 0.2) is 18.2 Å². The van der Waals surface area contributed by atoms with Crippen LogP contribution in [0.4, 0.5) is 10.1 Å². The van der Waals surface area contributed by atoms with Gasteiger partial charge >= 0.3 is 0 Å². The fraction of sp³-hybridized carbons (Fsp3) is 0.500. The first-order valence-electron chi connectivity index (χ1n) is 5.62. The number of hydrogen-bond donors (Lipinski definition) is 2. The van der Waals surface area contributed by atoms with Gasteiger partial charge in [0, 0.05) is 11.7 Å². The Morgan fingerprint density at radius 1 is 1.44 bits per heavy atom. The molecule has 1 fully saturated rings. The van der Waals surface area contributed by atoms with Crippen LogP contribution in [0.25, 0.3) is 0 Å². The summed E-state index contributed by atoms with van der Waals surface area (Å²) in [6.07, 6.45) is 3.45.